The minimum absolute atomic E-state index is 0.0586. The van der Waals surface area contributed by atoms with Crippen molar-refractivity contribution in [1.82, 2.24) is 10.3 Å². The van der Waals surface area contributed by atoms with E-state index in [0.717, 1.165) is 18.3 Å². The van der Waals surface area contributed by atoms with Gasteiger partial charge in [0.15, 0.2) is 0 Å². The van der Waals surface area contributed by atoms with Crippen molar-refractivity contribution in [2.75, 3.05) is 11.9 Å². The summed E-state index contributed by atoms with van der Waals surface area (Å²) in [5.74, 6) is -0.704. The van der Waals surface area contributed by atoms with Gasteiger partial charge in [0, 0.05) is 18.3 Å². The number of anilines is 1. The van der Waals surface area contributed by atoms with E-state index in [4.69, 9.17) is 0 Å². The number of aromatic hydroxyl groups is 1. The molecule has 0 aliphatic heterocycles. The monoisotopic (exact) mass is 367 g/mol. The van der Waals surface area contributed by atoms with Gasteiger partial charge in [-0.25, -0.2) is 4.98 Å². The lowest BCUT2D eigenvalue weighted by Gasteiger charge is -2.19. The first-order valence-corrected chi connectivity index (χ1v) is 9.07. The Morgan fingerprint density at radius 1 is 1.19 bits per heavy atom. The van der Waals surface area contributed by atoms with Crippen molar-refractivity contribution in [2.45, 2.75) is 25.3 Å². The summed E-state index contributed by atoms with van der Waals surface area (Å²) < 4.78 is 0. The van der Waals surface area contributed by atoms with Gasteiger partial charge in [-0.1, -0.05) is 12.1 Å². The topological polar surface area (TPSA) is 112 Å². The highest BCUT2D eigenvalue weighted by molar-refractivity contribution is 5.95. The number of nitrogens with zero attached hydrogens (tertiary/aromatic N) is 1. The van der Waals surface area contributed by atoms with Gasteiger partial charge in [-0.15, -0.1) is 0 Å². The number of phenolic OH excluding ortho intramolecular Hbond substituents is 1. The van der Waals surface area contributed by atoms with Crippen molar-refractivity contribution in [2.24, 2.45) is 11.8 Å². The quantitative estimate of drug-likeness (QED) is 0.624. The van der Waals surface area contributed by atoms with Crippen LogP contribution in [0.15, 0.2) is 36.5 Å². The Morgan fingerprint density at radius 2 is 2.00 bits per heavy atom. The third-order valence-electron chi connectivity index (χ3n) is 5.25. The molecule has 0 spiro atoms. The molecule has 2 aromatic rings. The zero-order valence-corrected chi connectivity index (χ0v) is 14.7. The Morgan fingerprint density at radius 3 is 2.67 bits per heavy atom. The highest BCUT2D eigenvalue weighted by Crippen LogP contribution is 2.40. The molecular formula is C20H21N3O4. The number of pyridine rings is 1. The van der Waals surface area contributed by atoms with Gasteiger partial charge in [0.2, 0.25) is 0 Å². The lowest BCUT2D eigenvalue weighted by molar-refractivity contribution is -0.142. The second kappa shape index (κ2) is 6.90. The summed E-state index contributed by atoms with van der Waals surface area (Å²) >= 11 is 0. The molecule has 140 valence electrons. The van der Waals surface area contributed by atoms with E-state index >= 15 is 0 Å². The second-order valence-corrected chi connectivity index (χ2v) is 7.20. The number of aliphatic carboxylic acids is 1. The van der Waals surface area contributed by atoms with E-state index in [1.807, 2.05) is 0 Å². The molecule has 27 heavy (non-hydrogen) atoms. The van der Waals surface area contributed by atoms with Gasteiger partial charge >= 0.3 is 5.97 Å². The molecule has 2 atom stereocenters. The molecule has 1 amide bonds. The molecule has 0 bridgehead atoms. The molecule has 2 aliphatic rings. The summed E-state index contributed by atoms with van der Waals surface area (Å²) in [4.78, 5) is 28.5. The van der Waals surface area contributed by atoms with E-state index in [9.17, 15) is 19.8 Å². The molecule has 1 heterocycles. The summed E-state index contributed by atoms with van der Waals surface area (Å²) in [6.45, 7) is 0.890. The number of amides is 1. The van der Waals surface area contributed by atoms with Crippen molar-refractivity contribution in [1.29, 1.82) is 0 Å². The average Bonchev–Trinajstić information content (AvgIpc) is 3.41. The third-order valence-corrected chi connectivity index (χ3v) is 5.25. The number of phenols is 1. The van der Waals surface area contributed by atoms with E-state index in [-0.39, 0.29) is 18.1 Å². The number of fused-ring (bicyclic) bond motifs is 1. The van der Waals surface area contributed by atoms with E-state index < -0.39 is 17.9 Å². The normalized spacial score (nSPS) is 20.7. The molecule has 0 unspecified atom stereocenters. The number of carbonyl (C=O) groups is 2. The van der Waals surface area contributed by atoms with E-state index in [1.54, 1.807) is 24.3 Å². The number of carboxylic acids is 1. The highest BCUT2D eigenvalue weighted by Gasteiger charge is 2.39. The zero-order valence-electron chi connectivity index (χ0n) is 14.7. The largest absolute Gasteiger partial charge is 0.508 e. The second-order valence-electron chi connectivity index (χ2n) is 7.20. The van der Waals surface area contributed by atoms with Crippen LogP contribution in [0.2, 0.25) is 0 Å². The Balaban J connectivity index is 1.49. The fourth-order valence-electron chi connectivity index (χ4n) is 3.50. The maximum atomic E-state index is 12.6. The molecule has 1 aromatic carbocycles. The molecular weight excluding hydrogens is 346 g/mol. The Labute approximate surface area is 156 Å². The van der Waals surface area contributed by atoms with E-state index in [2.05, 4.69) is 15.6 Å². The molecule has 4 N–H and O–H groups in total. The fraction of sp³-hybridized carbons (Fsp3) is 0.350. The minimum Gasteiger partial charge on any atom is -0.508 e. The van der Waals surface area contributed by atoms with Crippen LogP contribution in [0.5, 0.6) is 5.75 Å². The van der Waals surface area contributed by atoms with Gasteiger partial charge in [0.25, 0.3) is 5.91 Å². The molecule has 2 aliphatic carbocycles. The summed E-state index contributed by atoms with van der Waals surface area (Å²) in [7, 11) is 0. The number of carbonyl (C=O) groups excluding carboxylic acids is 1. The van der Waals surface area contributed by atoms with Crippen molar-refractivity contribution >= 4 is 17.7 Å². The molecule has 0 radical (unpaired) electrons. The summed E-state index contributed by atoms with van der Waals surface area (Å²) in [5, 5.41) is 25.6. The Kier molecular flexibility index (Phi) is 4.43. The predicted octanol–water partition coefficient (Wildman–Crippen LogP) is 2.34. The van der Waals surface area contributed by atoms with E-state index in [1.165, 1.54) is 25.1 Å². The van der Waals surface area contributed by atoms with Gasteiger partial charge in [-0.05, 0) is 48.9 Å². The predicted molar refractivity (Wildman–Crippen MR) is 98.6 cm³/mol. The summed E-state index contributed by atoms with van der Waals surface area (Å²) in [6, 6.07) is 7.65. The number of rotatable bonds is 6. The molecule has 1 saturated carbocycles. The Bertz CT molecular complexity index is 877. The first-order valence-electron chi connectivity index (χ1n) is 9.07. The molecule has 1 fully saturated rings. The lowest BCUT2D eigenvalue weighted by atomic mass is 10.0. The smallest absolute Gasteiger partial charge is 0.309 e. The van der Waals surface area contributed by atoms with Crippen LogP contribution in [0, 0.1) is 11.8 Å². The van der Waals surface area contributed by atoms with Crippen molar-refractivity contribution in [3.05, 3.63) is 53.2 Å². The SMILES string of the molecule is O=C(N[C@@H]1c2cccc(O)c2C[C@@H]1C(=O)O)c1ccc(NCC2CC2)nc1. The van der Waals surface area contributed by atoms with Crippen molar-refractivity contribution in [3.63, 3.8) is 0 Å². The number of carboxylic acid groups (broad SMARTS) is 1. The average molecular weight is 367 g/mol. The third kappa shape index (κ3) is 3.58. The number of aromatic nitrogens is 1. The van der Waals surface area contributed by atoms with Crippen LogP contribution in [0.1, 0.15) is 40.4 Å². The highest BCUT2D eigenvalue weighted by atomic mass is 16.4. The van der Waals surface area contributed by atoms with Crippen LogP contribution in [0.4, 0.5) is 5.82 Å². The van der Waals surface area contributed by atoms with Crippen LogP contribution in [0.25, 0.3) is 0 Å². The molecule has 0 saturated heterocycles. The van der Waals surface area contributed by atoms with Crippen molar-refractivity contribution in [3.8, 4) is 5.75 Å². The van der Waals surface area contributed by atoms with Crippen LogP contribution >= 0.6 is 0 Å². The van der Waals surface area contributed by atoms with Gasteiger partial charge in [0.05, 0.1) is 17.5 Å². The van der Waals surface area contributed by atoms with Crippen LogP contribution in [-0.2, 0) is 11.2 Å². The van der Waals surface area contributed by atoms with Gasteiger partial charge in [-0.2, -0.15) is 0 Å². The number of nitrogens with one attached hydrogen (secondary N) is 2. The molecule has 7 heteroatoms. The van der Waals surface area contributed by atoms with Gasteiger partial charge < -0.3 is 20.8 Å². The van der Waals surface area contributed by atoms with Crippen LogP contribution in [-0.4, -0.2) is 33.6 Å². The van der Waals surface area contributed by atoms with Crippen LogP contribution in [0.3, 0.4) is 0 Å². The lowest BCUT2D eigenvalue weighted by Crippen LogP contribution is -2.34. The molecule has 7 nitrogen and oxygen atoms in total. The van der Waals surface area contributed by atoms with Crippen LogP contribution < -0.4 is 10.6 Å². The number of benzene rings is 1. The van der Waals surface area contributed by atoms with E-state index in [0.29, 0.717) is 16.7 Å². The summed E-state index contributed by atoms with van der Waals surface area (Å²) in [6.07, 6.45) is 4.16. The summed E-state index contributed by atoms with van der Waals surface area (Å²) in [5.41, 5.74) is 1.59. The molecule has 1 aromatic heterocycles. The number of hydrogen-bond acceptors (Lipinski definition) is 5. The fourth-order valence-corrected chi connectivity index (χ4v) is 3.50. The Hall–Kier alpha value is -3.09. The van der Waals surface area contributed by atoms with Crippen molar-refractivity contribution < 1.29 is 19.8 Å². The maximum Gasteiger partial charge on any atom is 0.309 e. The molecule has 4 rings (SSSR count). The first-order chi connectivity index (χ1) is 13.0. The van der Waals surface area contributed by atoms with Gasteiger partial charge in [-0.3, -0.25) is 9.59 Å². The van der Waals surface area contributed by atoms with Gasteiger partial charge in [0.1, 0.15) is 11.6 Å². The first kappa shape index (κ1) is 17.3. The zero-order chi connectivity index (χ0) is 19.0. The maximum absolute atomic E-state index is 12.6. The standard InChI is InChI=1S/C20H21N3O4/c24-16-3-1-2-13-14(16)8-15(20(26)27)18(13)23-19(25)12-6-7-17(22-10-12)21-9-11-4-5-11/h1-3,6-7,10-11,15,18,24H,4-5,8-9H2,(H,21,22)(H,23,25)(H,26,27)/t15-,18+/m0/s1. The minimum atomic E-state index is -1.01. The number of hydrogen-bond donors (Lipinski definition) is 4.